The molecule has 11 heavy (non-hydrogen) atoms. The summed E-state index contributed by atoms with van der Waals surface area (Å²) in [7, 11) is 3.58. The van der Waals surface area contributed by atoms with Gasteiger partial charge in [-0.2, -0.15) is 0 Å². The Morgan fingerprint density at radius 1 is 1.55 bits per heavy atom. The van der Waals surface area contributed by atoms with Gasteiger partial charge in [0.2, 0.25) is 5.82 Å². The number of aromatic nitrogens is 5. The maximum absolute atomic E-state index is 4.03. The summed E-state index contributed by atoms with van der Waals surface area (Å²) < 4.78 is 1.34. The molecule has 0 aromatic carbocycles. The number of hydrogen-bond donors (Lipinski definition) is 0. The van der Waals surface area contributed by atoms with Gasteiger partial charge in [0.25, 0.3) is 0 Å². The Bertz CT molecular complexity index is 337. The minimum atomic E-state index is 0.589. The van der Waals surface area contributed by atoms with Crippen LogP contribution in [0.1, 0.15) is 0 Å². The largest absolute Gasteiger partial charge is 0.241 e. The number of hydrogen-bond acceptors (Lipinski definition) is 5. The van der Waals surface area contributed by atoms with Crippen LogP contribution in [0, 0.1) is 7.05 Å². The SMILES string of the molecule is [CH2]n1nnnc1-c1cscn1. The molecule has 0 saturated carbocycles. The van der Waals surface area contributed by atoms with E-state index in [9.17, 15) is 0 Å². The number of thiazole rings is 1. The van der Waals surface area contributed by atoms with Crippen LogP contribution in [-0.2, 0) is 0 Å². The van der Waals surface area contributed by atoms with Crippen molar-refractivity contribution in [2.75, 3.05) is 0 Å². The second-order valence-electron chi connectivity index (χ2n) is 1.88. The minimum Gasteiger partial charge on any atom is -0.241 e. The summed E-state index contributed by atoms with van der Waals surface area (Å²) in [5.74, 6) is 0.589. The van der Waals surface area contributed by atoms with Crippen molar-refractivity contribution in [3.8, 4) is 11.5 Å². The molecule has 0 aliphatic carbocycles. The number of rotatable bonds is 1. The van der Waals surface area contributed by atoms with E-state index in [1.807, 2.05) is 5.38 Å². The van der Waals surface area contributed by atoms with Crippen LogP contribution in [-0.4, -0.2) is 25.2 Å². The van der Waals surface area contributed by atoms with Gasteiger partial charge < -0.3 is 0 Å². The topological polar surface area (TPSA) is 56.5 Å². The molecule has 2 heterocycles. The Kier molecular flexibility index (Phi) is 1.39. The first-order valence-electron chi connectivity index (χ1n) is 2.86. The van der Waals surface area contributed by atoms with Gasteiger partial charge in [0.1, 0.15) is 5.69 Å². The Balaban J connectivity index is 2.53. The number of tetrazole rings is 1. The molecule has 0 bridgehead atoms. The van der Waals surface area contributed by atoms with E-state index in [0.717, 1.165) is 5.69 Å². The normalized spacial score (nSPS) is 10.3. The molecule has 2 aromatic heterocycles. The first kappa shape index (κ1) is 6.41. The average molecular weight is 166 g/mol. The van der Waals surface area contributed by atoms with E-state index in [1.165, 1.54) is 16.0 Å². The molecule has 2 aromatic rings. The van der Waals surface area contributed by atoms with E-state index in [1.54, 1.807) is 5.51 Å². The third kappa shape index (κ3) is 1.01. The molecule has 0 N–H and O–H groups in total. The van der Waals surface area contributed by atoms with Crippen molar-refractivity contribution in [3.05, 3.63) is 17.9 Å². The van der Waals surface area contributed by atoms with Crippen LogP contribution >= 0.6 is 11.3 Å². The zero-order chi connectivity index (χ0) is 7.68. The Morgan fingerprint density at radius 2 is 2.45 bits per heavy atom. The quantitative estimate of drug-likeness (QED) is 0.616. The molecule has 0 saturated heterocycles. The predicted molar refractivity (Wildman–Crippen MR) is 39.7 cm³/mol. The van der Waals surface area contributed by atoms with Crippen molar-refractivity contribution in [2.45, 2.75) is 0 Å². The molecule has 1 radical (unpaired) electrons. The molecule has 0 amide bonds. The second-order valence-corrected chi connectivity index (χ2v) is 2.59. The summed E-state index contributed by atoms with van der Waals surface area (Å²) in [5, 5.41) is 12.6. The van der Waals surface area contributed by atoms with Gasteiger partial charge in [-0.15, -0.1) is 16.4 Å². The van der Waals surface area contributed by atoms with Crippen molar-refractivity contribution < 1.29 is 0 Å². The maximum Gasteiger partial charge on any atom is 0.201 e. The molecule has 5 nitrogen and oxygen atoms in total. The van der Waals surface area contributed by atoms with Crippen LogP contribution < -0.4 is 0 Å². The fourth-order valence-electron chi connectivity index (χ4n) is 0.711. The van der Waals surface area contributed by atoms with E-state index in [4.69, 9.17) is 0 Å². The summed E-state index contributed by atoms with van der Waals surface area (Å²) >= 11 is 1.50. The summed E-state index contributed by atoms with van der Waals surface area (Å²) in [4.78, 5) is 4.03. The molecule has 0 atom stereocenters. The lowest BCUT2D eigenvalue weighted by molar-refractivity contribution is 0.787. The van der Waals surface area contributed by atoms with Crippen molar-refractivity contribution in [1.82, 2.24) is 25.2 Å². The van der Waals surface area contributed by atoms with Crippen LogP contribution in [0.4, 0.5) is 0 Å². The van der Waals surface area contributed by atoms with Crippen molar-refractivity contribution in [2.24, 2.45) is 0 Å². The Hall–Kier alpha value is -1.30. The van der Waals surface area contributed by atoms with Gasteiger partial charge in [0.15, 0.2) is 0 Å². The lowest BCUT2D eigenvalue weighted by atomic mass is 10.5. The summed E-state index contributed by atoms with van der Waals surface area (Å²) in [6.07, 6.45) is 0. The van der Waals surface area contributed by atoms with Gasteiger partial charge >= 0.3 is 0 Å². The van der Waals surface area contributed by atoms with Gasteiger partial charge in [-0.1, -0.05) is 0 Å². The minimum absolute atomic E-state index is 0.589. The standard InChI is InChI=1S/C5H4N5S/c1-10-5(7-8-9-10)4-2-11-3-6-4/h2-3H,1H2. The highest BCUT2D eigenvalue weighted by Gasteiger charge is 2.05. The van der Waals surface area contributed by atoms with E-state index in [-0.39, 0.29) is 0 Å². The third-order valence-corrected chi connectivity index (χ3v) is 1.78. The lowest BCUT2D eigenvalue weighted by Gasteiger charge is -1.89. The smallest absolute Gasteiger partial charge is 0.201 e. The first-order valence-corrected chi connectivity index (χ1v) is 3.80. The molecule has 0 unspecified atom stereocenters. The summed E-state index contributed by atoms with van der Waals surface area (Å²) in [5.41, 5.74) is 2.49. The predicted octanol–water partition coefficient (Wildman–Crippen LogP) is 0.436. The molecular weight excluding hydrogens is 162 g/mol. The van der Waals surface area contributed by atoms with Crippen LogP contribution in [0.15, 0.2) is 10.9 Å². The first-order chi connectivity index (χ1) is 5.38. The average Bonchev–Trinajstić information content (AvgIpc) is 2.55. The van der Waals surface area contributed by atoms with Gasteiger partial charge in [-0.05, 0) is 10.4 Å². The second kappa shape index (κ2) is 2.39. The van der Waals surface area contributed by atoms with E-state index in [0.29, 0.717) is 5.82 Å². The van der Waals surface area contributed by atoms with Gasteiger partial charge in [0.05, 0.1) is 12.6 Å². The highest BCUT2D eigenvalue weighted by atomic mass is 32.1. The molecule has 0 aliphatic heterocycles. The molecule has 0 aliphatic rings. The lowest BCUT2D eigenvalue weighted by Crippen LogP contribution is -1.91. The van der Waals surface area contributed by atoms with Crippen LogP contribution in [0.3, 0.4) is 0 Å². The zero-order valence-corrected chi connectivity index (χ0v) is 6.32. The third-order valence-electron chi connectivity index (χ3n) is 1.19. The molecule has 6 heteroatoms. The maximum atomic E-state index is 4.03. The van der Waals surface area contributed by atoms with Gasteiger partial charge in [-0.3, -0.25) is 0 Å². The van der Waals surface area contributed by atoms with Gasteiger partial charge in [0, 0.05) is 5.38 Å². The number of nitrogens with zero attached hydrogens (tertiary/aromatic N) is 5. The molecular formula is C5H4N5S. The highest BCUT2D eigenvalue weighted by Crippen LogP contribution is 2.13. The molecule has 0 fully saturated rings. The zero-order valence-electron chi connectivity index (χ0n) is 5.51. The summed E-state index contributed by atoms with van der Waals surface area (Å²) in [6.45, 7) is 0. The van der Waals surface area contributed by atoms with Crippen molar-refractivity contribution in [1.29, 1.82) is 0 Å². The molecule has 55 valence electrons. The van der Waals surface area contributed by atoms with Gasteiger partial charge in [-0.25, -0.2) is 9.67 Å². The van der Waals surface area contributed by atoms with Crippen molar-refractivity contribution in [3.63, 3.8) is 0 Å². The fraction of sp³-hybridized carbons (Fsp3) is 0. The fourth-order valence-corrected chi connectivity index (χ4v) is 1.24. The highest BCUT2D eigenvalue weighted by molar-refractivity contribution is 7.07. The Labute approximate surface area is 66.7 Å². The Morgan fingerprint density at radius 3 is 3.00 bits per heavy atom. The van der Waals surface area contributed by atoms with Crippen LogP contribution in [0.25, 0.3) is 11.5 Å². The monoisotopic (exact) mass is 166 g/mol. The van der Waals surface area contributed by atoms with Crippen LogP contribution in [0.2, 0.25) is 0 Å². The molecule has 2 rings (SSSR count). The summed E-state index contributed by atoms with van der Waals surface area (Å²) in [6, 6.07) is 0. The molecule has 0 spiro atoms. The van der Waals surface area contributed by atoms with E-state index < -0.39 is 0 Å². The van der Waals surface area contributed by atoms with Crippen molar-refractivity contribution >= 4 is 11.3 Å². The van der Waals surface area contributed by atoms with Crippen LogP contribution in [0.5, 0.6) is 0 Å². The van der Waals surface area contributed by atoms with E-state index >= 15 is 0 Å². The van der Waals surface area contributed by atoms with E-state index in [2.05, 4.69) is 27.6 Å².